The zero-order valence-electron chi connectivity index (χ0n) is 16.9. The summed E-state index contributed by atoms with van der Waals surface area (Å²) in [4.78, 5) is 12.8. The van der Waals surface area contributed by atoms with Crippen molar-refractivity contribution in [1.29, 1.82) is 0 Å². The molecule has 0 heterocycles. The standard InChI is InChI=1S/C23H24N2O4S/c1-18-8-6-7-11-22(18)25(30(27,28)21-9-4-3-5-10-21)17-23(26)24-16-19-12-14-20(29-2)15-13-19/h3-15H,16-17H2,1-2H3,(H,24,26). The highest BCUT2D eigenvalue weighted by Crippen LogP contribution is 2.26. The van der Waals surface area contributed by atoms with E-state index in [1.54, 1.807) is 49.6 Å². The Morgan fingerprint density at radius 3 is 2.20 bits per heavy atom. The normalized spacial score (nSPS) is 11.0. The molecule has 3 aromatic rings. The Balaban J connectivity index is 1.82. The molecule has 0 aliphatic rings. The molecule has 0 saturated heterocycles. The molecule has 1 N–H and O–H groups in total. The van der Waals surface area contributed by atoms with Crippen molar-refractivity contribution in [2.75, 3.05) is 18.0 Å². The van der Waals surface area contributed by atoms with Gasteiger partial charge < -0.3 is 10.1 Å². The van der Waals surface area contributed by atoms with Gasteiger partial charge in [0.15, 0.2) is 0 Å². The van der Waals surface area contributed by atoms with Crippen molar-refractivity contribution in [3.05, 3.63) is 90.0 Å². The number of sulfonamides is 1. The van der Waals surface area contributed by atoms with Gasteiger partial charge in [-0.3, -0.25) is 9.10 Å². The van der Waals surface area contributed by atoms with Crippen molar-refractivity contribution in [3.63, 3.8) is 0 Å². The van der Waals surface area contributed by atoms with Gasteiger partial charge in [0, 0.05) is 6.54 Å². The van der Waals surface area contributed by atoms with Crippen LogP contribution >= 0.6 is 0 Å². The SMILES string of the molecule is COc1ccc(CNC(=O)CN(c2ccccc2C)S(=O)(=O)c2ccccc2)cc1. The molecule has 0 aliphatic carbocycles. The van der Waals surface area contributed by atoms with E-state index in [-0.39, 0.29) is 18.0 Å². The summed E-state index contributed by atoms with van der Waals surface area (Å²) in [6.45, 7) is 1.78. The topological polar surface area (TPSA) is 75.7 Å². The molecular weight excluding hydrogens is 400 g/mol. The fourth-order valence-electron chi connectivity index (χ4n) is 2.99. The van der Waals surface area contributed by atoms with E-state index in [1.807, 2.05) is 31.2 Å². The average Bonchev–Trinajstić information content (AvgIpc) is 2.77. The fraction of sp³-hybridized carbons (Fsp3) is 0.174. The van der Waals surface area contributed by atoms with Crippen molar-refractivity contribution in [2.45, 2.75) is 18.4 Å². The summed E-state index contributed by atoms with van der Waals surface area (Å²) < 4.78 is 32.9. The van der Waals surface area contributed by atoms with E-state index in [0.717, 1.165) is 21.2 Å². The van der Waals surface area contributed by atoms with Crippen molar-refractivity contribution >= 4 is 21.6 Å². The molecule has 0 saturated carbocycles. The summed E-state index contributed by atoms with van der Waals surface area (Å²) >= 11 is 0. The van der Waals surface area contributed by atoms with Gasteiger partial charge in [0.2, 0.25) is 5.91 Å². The van der Waals surface area contributed by atoms with E-state index in [0.29, 0.717) is 5.69 Å². The number of para-hydroxylation sites is 1. The van der Waals surface area contributed by atoms with Gasteiger partial charge in [-0.15, -0.1) is 0 Å². The molecule has 0 aromatic heterocycles. The summed E-state index contributed by atoms with van der Waals surface area (Å²) in [5.41, 5.74) is 2.12. The lowest BCUT2D eigenvalue weighted by molar-refractivity contribution is -0.119. The van der Waals surface area contributed by atoms with Crippen LogP contribution in [0.3, 0.4) is 0 Å². The van der Waals surface area contributed by atoms with Crippen LogP contribution in [0.25, 0.3) is 0 Å². The average molecular weight is 425 g/mol. The summed E-state index contributed by atoms with van der Waals surface area (Å²) in [5.74, 6) is 0.332. The first kappa shape index (κ1) is 21.4. The Morgan fingerprint density at radius 1 is 0.933 bits per heavy atom. The third-order valence-electron chi connectivity index (χ3n) is 4.65. The maximum absolute atomic E-state index is 13.3. The molecule has 7 heteroatoms. The highest BCUT2D eigenvalue weighted by Gasteiger charge is 2.27. The molecule has 156 valence electrons. The van der Waals surface area contributed by atoms with E-state index in [2.05, 4.69) is 5.32 Å². The maximum Gasteiger partial charge on any atom is 0.264 e. The fourth-order valence-corrected chi connectivity index (χ4v) is 4.50. The Bertz CT molecular complexity index is 1100. The molecular formula is C23H24N2O4S. The van der Waals surface area contributed by atoms with Crippen LogP contribution in [0.5, 0.6) is 5.75 Å². The zero-order chi connectivity index (χ0) is 21.6. The number of methoxy groups -OCH3 is 1. The minimum absolute atomic E-state index is 0.135. The van der Waals surface area contributed by atoms with Gasteiger partial charge in [-0.05, 0) is 48.4 Å². The van der Waals surface area contributed by atoms with Crippen LogP contribution in [-0.4, -0.2) is 28.0 Å². The van der Waals surface area contributed by atoms with Gasteiger partial charge >= 0.3 is 0 Å². The van der Waals surface area contributed by atoms with E-state index in [1.165, 1.54) is 12.1 Å². The van der Waals surface area contributed by atoms with Crippen LogP contribution in [0.4, 0.5) is 5.69 Å². The molecule has 0 spiro atoms. The molecule has 0 fully saturated rings. The number of carbonyl (C=O) groups is 1. The molecule has 3 rings (SSSR count). The van der Waals surface area contributed by atoms with Gasteiger partial charge in [-0.1, -0.05) is 48.5 Å². The zero-order valence-corrected chi connectivity index (χ0v) is 17.7. The number of hydrogen-bond acceptors (Lipinski definition) is 4. The third-order valence-corrected chi connectivity index (χ3v) is 6.43. The number of hydrogen-bond donors (Lipinski definition) is 1. The molecule has 0 atom stereocenters. The second-order valence-corrected chi connectivity index (χ2v) is 8.60. The summed E-state index contributed by atoms with van der Waals surface area (Å²) in [7, 11) is -2.32. The smallest absolute Gasteiger partial charge is 0.264 e. The number of anilines is 1. The Morgan fingerprint density at radius 2 is 1.57 bits per heavy atom. The number of rotatable bonds is 8. The predicted molar refractivity (Wildman–Crippen MR) is 117 cm³/mol. The molecule has 0 unspecified atom stereocenters. The Hall–Kier alpha value is -3.32. The van der Waals surface area contributed by atoms with Crippen LogP contribution in [0, 0.1) is 6.92 Å². The number of amides is 1. The number of nitrogens with zero attached hydrogens (tertiary/aromatic N) is 1. The van der Waals surface area contributed by atoms with Crippen molar-refractivity contribution in [2.24, 2.45) is 0 Å². The van der Waals surface area contributed by atoms with Crippen molar-refractivity contribution in [1.82, 2.24) is 5.32 Å². The molecule has 3 aromatic carbocycles. The van der Waals surface area contributed by atoms with Gasteiger partial charge in [0.25, 0.3) is 10.0 Å². The Labute approximate surface area is 177 Å². The van der Waals surface area contributed by atoms with Gasteiger partial charge in [-0.25, -0.2) is 8.42 Å². The second-order valence-electron chi connectivity index (χ2n) is 6.74. The molecule has 1 amide bonds. The number of carbonyl (C=O) groups excluding carboxylic acids is 1. The monoisotopic (exact) mass is 424 g/mol. The van der Waals surface area contributed by atoms with Crippen LogP contribution in [-0.2, 0) is 21.4 Å². The quantitative estimate of drug-likeness (QED) is 0.600. The van der Waals surface area contributed by atoms with Crippen LogP contribution in [0.1, 0.15) is 11.1 Å². The van der Waals surface area contributed by atoms with E-state index >= 15 is 0 Å². The first-order chi connectivity index (χ1) is 14.4. The predicted octanol–water partition coefficient (Wildman–Crippen LogP) is 3.52. The number of ether oxygens (including phenoxy) is 1. The highest BCUT2D eigenvalue weighted by molar-refractivity contribution is 7.92. The first-order valence-electron chi connectivity index (χ1n) is 9.45. The van der Waals surface area contributed by atoms with Crippen LogP contribution in [0.2, 0.25) is 0 Å². The van der Waals surface area contributed by atoms with Gasteiger partial charge in [-0.2, -0.15) is 0 Å². The second kappa shape index (κ2) is 9.45. The maximum atomic E-state index is 13.3. The minimum atomic E-state index is -3.91. The minimum Gasteiger partial charge on any atom is -0.497 e. The third kappa shape index (κ3) is 4.99. The van der Waals surface area contributed by atoms with E-state index < -0.39 is 15.9 Å². The van der Waals surface area contributed by atoms with Gasteiger partial charge in [0.1, 0.15) is 12.3 Å². The van der Waals surface area contributed by atoms with E-state index in [4.69, 9.17) is 4.74 Å². The Kier molecular flexibility index (Phi) is 6.74. The lowest BCUT2D eigenvalue weighted by Crippen LogP contribution is -2.41. The summed E-state index contributed by atoms with van der Waals surface area (Å²) in [6, 6.07) is 22.5. The summed E-state index contributed by atoms with van der Waals surface area (Å²) in [5, 5.41) is 2.79. The number of aryl methyl sites for hydroxylation is 1. The largest absolute Gasteiger partial charge is 0.497 e. The van der Waals surface area contributed by atoms with Crippen molar-refractivity contribution in [3.8, 4) is 5.75 Å². The molecule has 0 radical (unpaired) electrons. The van der Waals surface area contributed by atoms with Crippen molar-refractivity contribution < 1.29 is 17.9 Å². The number of benzene rings is 3. The molecule has 0 bridgehead atoms. The lowest BCUT2D eigenvalue weighted by Gasteiger charge is -2.25. The van der Waals surface area contributed by atoms with Crippen LogP contribution < -0.4 is 14.4 Å². The molecule has 30 heavy (non-hydrogen) atoms. The lowest BCUT2D eigenvalue weighted by atomic mass is 10.2. The van der Waals surface area contributed by atoms with Crippen LogP contribution in [0.15, 0.2) is 83.8 Å². The summed E-state index contributed by atoms with van der Waals surface area (Å²) in [6.07, 6.45) is 0. The van der Waals surface area contributed by atoms with E-state index in [9.17, 15) is 13.2 Å². The first-order valence-corrected chi connectivity index (χ1v) is 10.9. The number of nitrogens with one attached hydrogen (secondary N) is 1. The highest BCUT2D eigenvalue weighted by atomic mass is 32.2. The van der Waals surface area contributed by atoms with Gasteiger partial charge in [0.05, 0.1) is 17.7 Å². The molecule has 6 nitrogen and oxygen atoms in total. The molecule has 0 aliphatic heterocycles.